The maximum atomic E-state index is 12.8. The number of aryl methyl sites for hydroxylation is 1. The van der Waals surface area contributed by atoms with Crippen LogP contribution < -0.4 is 5.32 Å². The molecule has 1 aromatic rings. The van der Waals surface area contributed by atoms with Gasteiger partial charge in [0.1, 0.15) is 4.90 Å². The van der Waals surface area contributed by atoms with Crippen LogP contribution in [0.4, 0.5) is 0 Å². The van der Waals surface area contributed by atoms with Gasteiger partial charge in [-0.15, -0.1) is 0 Å². The largest absolute Gasteiger partial charge is 0.349 e. The summed E-state index contributed by atoms with van der Waals surface area (Å²) in [6.45, 7) is 9.06. The fourth-order valence-electron chi connectivity index (χ4n) is 2.64. The Bertz CT molecular complexity index is 561. The van der Waals surface area contributed by atoms with Crippen molar-refractivity contribution >= 4 is 10.0 Å². The second-order valence-corrected chi connectivity index (χ2v) is 7.47. The second kappa shape index (κ2) is 6.94. The summed E-state index contributed by atoms with van der Waals surface area (Å²) in [6.07, 6.45) is 4.78. The van der Waals surface area contributed by atoms with Gasteiger partial charge in [-0.25, -0.2) is 8.42 Å². The first kappa shape index (κ1) is 16.5. The maximum Gasteiger partial charge on any atom is 0.244 e. The molecule has 1 aliphatic carbocycles. The molecule has 2 rings (SSSR count). The van der Waals surface area contributed by atoms with E-state index in [1.54, 1.807) is 10.5 Å². The molecule has 0 saturated heterocycles. The van der Waals surface area contributed by atoms with E-state index < -0.39 is 10.0 Å². The number of nitrogens with one attached hydrogen (secondary N) is 1. The topological polar surface area (TPSA) is 54.3 Å². The van der Waals surface area contributed by atoms with Crippen molar-refractivity contribution in [3.8, 4) is 0 Å². The van der Waals surface area contributed by atoms with E-state index >= 15 is 0 Å². The van der Waals surface area contributed by atoms with Crippen LogP contribution in [0.3, 0.4) is 0 Å². The molecule has 0 radical (unpaired) electrons. The maximum absolute atomic E-state index is 12.8. The Kier molecular flexibility index (Phi) is 5.46. The molecule has 1 saturated carbocycles. The van der Waals surface area contributed by atoms with E-state index in [1.807, 2.05) is 13.0 Å². The molecule has 0 bridgehead atoms. The van der Waals surface area contributed by atoms with Gasteiger partial charge in [-0.1, -0.05) is 20.8 Å². The highest BCUT2D eigenvalue weighted by Gasteiger charge is 2.37. The average molecular weight is 313 g/mol. The van der Waals surface area contributed by atoms with Crippen molar-refractivity contribution in [2.75, 3.05) is 13.1 Å². The molecular formula is C15H27N3O2S. The van der Waals surface area contributed by atoms with Gasteiger partial charge in [-0.2, -0.15) is 4.31 Å². The molecule has 6 heteroatoms. The highest BCUT2D eigenvalue weighted by molar-refractivity contribution is 7.89. The standard InChI is InChI=1S/C15H27N3O2S/c1-4-9-17-12-15(10-14(17)11-16-5-2)21(19,20)18(6-3)13-7-8-13/h10,12-13,16H,4-9,11H2,1-3H3. The van der Waals surface area contributed by atoms with Crippen LogP contribution >= 0.6 is 0 Å². The molecule has 0 unspecified atom stereocenters. The predicted molar refractivity (Wildman–Crippen MR) is 84.7 cm³/mol. The molecule has 1 aliphatic rings. The quantitative estimate of drug-likeness (QED) is 0.760. The normalized spacial score (nSPS) is 15.8. The van der Waals surface area contributed by atoms with Crippen LogP contribution in [0.15, 0.2) is 17.2 Å². The third-order valence-electron chi connectivity index (χ3n) is 3.85. The van der Waals surface area contributed by atoms with Crippen LogP contribution in [-0.2, 0) is 23.1 Å². The molecule has 1 aromatic heterocycles. The Balaban J connectivity index is 2.29. The number of rotatable bonds is 9. The van der Waals surface area contributed by atoms with Gasteiger partial charge >= 0.3 is 0 Å². The summed E-state index contributed by atoms with van der Waals surface area (Å²) in [5, 5.41) is 3.28. The van der Waals surface area contributed by atoms with Gasteiger partial charge in [0.05, 0.1) is 0 Å². The Hall–Kier alpha value is -0.850. The molecule has 0 aromatic carbocycles. The van der Waals surface area contributed by atoms with Gasteiger partial charge in [-0.05, 0) is 31.9 Å². The lowest BCUT2D eigenvalue weighted by Gasteiger charge is -2.18. The van der Waals surface area contributed by atoms with E-state index in [9.17, 15) is 8.42 Å². The van der Waals surface area contributed by atoms with Crippen molar-refractivity contribution in [2.24, 2.45) is 0 Å². The molecule has 0 atom stereocenters. The molecule has 21 heavy (non-hydrogen) atoms. The molecule has 0 amide bonds. The number of sulfonamides is 1. The number of hydrogen-bond acceptors (Lipinski definition) is 3. The van der Waals surface area contributed by atoms with Gasteiger partial charge in [0, 0.05) is 37.6 Å². The predicted octanol–water partition coefficient (Wildman–Crippen LogP) is 2.18. The van der Waals surface area contributed by atoms with Gasteiger partial charge < -0.3 is 9.88 Å². The summed E-state index contributed by atoms with van der Waals surface area (Å²) in [7, 11) is -3.35. The Morgan fingerprint density at radius 2 is 2.05 bits per heavy atom. The third-order valence-corrected chi connectivity index (χ3v) is 5.85. The molecule has 120 valence electrons. The van der Waals surface area contributed by atoms with Gasteiger partial charge in [0.25, 0.3) is 0 Å². The molecule has 1 N–H and O–H groups in total. The first-order chi connectivity index (χ1) is 10.0. The minimum atomic E-state index is -3.35. The number of nitrogens with zero attached hydrogens (tertiary/aromatic N) is 2. The fourth-order valence-corrected chi connectivity index (χ4v) is 4.40. The van der Waals surface area contributed by atoms with Gasteiger partial charge in [0.15, 0.2) is 0 Å². The lowest BCUT2D eigenvalue weighted by atomic mass is 10.4. The average Bonchev–Trinajstić information content (AvgIpc) is 3.18. The minimum Gasteiger partial charge on any atom is -0.349 e. The van der Waals surface area contributed by atoms with E-state index in [1.165, 1.54) is 0 Å². The Morgan fingerprint density at radius 1 is 1.33 bits per heavy atom. The van der Waals surface area contributed by atoms with Crippen LogP contribution in [-0.4, -0.2) is 36.4 Å². The van der Waals surface area contributed by atoms with Gasteiger partial charge in [0.2, 0.25) is 10.0 Å². The van der Waals surface area contributed by atoms with Crippen LogP contribution in [0.1, 0.15) is 45.7 Å². The lowest BCUT2D eigenvalue weighted by molar-refractivity contribution is 0.421. The van der Waals surface area contributed by atoms with Gasteiger partial charge in [-0.3, -0.25) is 0 Å². The zero-order valence-electron chi connectivity index (χ0n) is 13.3. The van der Waals surface area contributed by atoms with Crippen molar-refractivity contribution < 1.29 is 8.42 Å². The lowest BCUT2D eigenvalue weighted by Crippen LogP contribution is -2.32. The SMILES string of the molecule is CCCn1cc(S(=O)(=O)N(CC)C2CC2)cc1CNCC. The van der Waals surface area contributed by atoms with Crippen molar-refractivity contribution in [3.63, 3.8) is 0 Å². The molecule has 1 fully saturated rings. The van der Waals surface area contributed by atoms with Crippen LogP contribution in [0, 0.1) is 0 Å². The number of aromatic nitrogens is 1. The number of hydrogen-bond donors (Lipinski definition) is 1. The van der Waals surface area contributed by atoms with Crippen molar-refractivity contribution in [3.05, 3.63) is 18.0 Å². The van der Waals surface area contributed by atoms with E-state index in [0.717, 1.165) is 38.0 Å². The summed E-state index contributed by atoms with van der Waals surface area (Å²) in [5.74, 6) is 0. The highest BCUT2D eigenvalue weighted by atomic mass is 32.2. The summed E-state index contributed by atoms with van der Waals surface area (Å²) >= 11 is 0. The Labute approximate surface area is 128 Å². The monoisotopic (exact) mass is 313 g/mol. The fraction of sp³-hybridized carbons (Fsp3) is 0.733. The smallest absolute Gasteiger partial charge is 0.244 e. The molecule has 0 aliphatic heterocycles. The zero-order chi connectivity index (χ0) is 15.5. The summed E-state index contributed by atoms with van der Waals surface area (Å²) in [4.78, 5) is 0.442. The third kappa shape index (κ3) is 3.67. The van der Waals surface area contributed by atoms with Crippen molar-refractivity contribution in [2.45, 2.75) is 64.1 Å². The van der Waals surface area contributed by atoms with Crippen molar-refractivity contribution in [1.29, 1.82) is 0 Å². The van der Waals surface area contributed by atoms with E-state index in [4.69, 9.17) is 0 Å². The second-order valence-electron chi connectivity index (χ2n) is 5.58. The summed E-state index contributed by atoms with van der Waals surface area (Å²) < 4.78 is 29.3. The minimum absolute atomic E-state index is 0.215. The van der Waals surface area contributed by atoms with E-state index in [-0.39, 0.29) is 6.04 Å². The molecular weight excluding hydrogens is 286 g/mol. The van der Waals surface area contributed by atoms with E-state index in [2.05, 4.69) is 23.7 Å². The van der Waals surface area contributed by atoms with Crippen molar-refractivity contribution in [1.82, 2.24) is 14.2 Å². The van der Waals surface area contributed by atoms with Crippen LogP contribution in [0.2, 0.25) is 0 Å². The van der Waals surface area contributed by atoms with E-state index in [0.29, 0.717) is 18.0 Å². The highest BCUT2D eigenvalue weighted by Crippen LogP contribution is 2.32. The molecule has 0 spiro atoms. The molecule has 1 heterocycles. The van der Waals surface area contributed by atoms with Crippen LogP contribution in [0.5, 0.6) is 0 Å². The molecule has 5 nitrogen and oxygen atoms in total. The Morgan fingerprint density at radius 3 is 2.57 bits per heavy atom. The zero-order valence-corrected chi connectivity index (χ0v) is 14.1. The summed E-state index contributed by atoms with van der Waals surface area (Å²) in [5.41, 5.74) is 1.05. The first-order valence-electron chi connectivity index (χ1n) is 7.96. The van der Waals surface area contributed by atoms with Crippen LogP contribution in [0.25, 0.3) is 0 Å². The first-order valence-corrected chi connectivity index (χ1v) is 9.40. The summed E-state index contributed by atoms with van der Waals surface area (Å²) in [6, 6.07) is 2.05.